The quantitative estimate of drug-likeness (QED) is 0.588. The third-order valence-electron chi connectivity index (χ3n) is 11.5. The van der Waals surface area contributed by atoms with Crippen molar-refractivity contribution in [3.05, 3.63) is 11.6 Å². The van der Waals surface area contributed by atoms with E-state index in [0.29, 0.717) is 23.8 Å². The van der Waals surface area contributed by atoms with Gasteiger partial charge in [0.25, 0.3) is 0 Å². The summed E-state index contributed by atoms with van der Waals surface area (Å²) in [6.45, 7) is 11.1. The number of piperidine rings is 1. The molecule has 1 saturated heterocycles. The maximum Gasteiger partial charge on any atom is 0.0579 e. The molecular weight excluding hydrogens is 382 g/mol. The number of hydrogen-bond donors (Lipinski definition) is 2. The molecule has 176 valence electrons. The zero-order valence-electron chi connectivity index (χ0n) is 20.7. The Labute approximate surface area is 190 Å². The highest BCUT2D eigenvalue weighted by Crippen LogP contribution is 2.67. The van der Waals surface area contributed by atoms with E-state index >= 15 is 0 Å². The molecule has 1 aliphatic heterocycles. The molecule has 3 saturated carbocycles. The normalized spacial score (nSPS) is 53.8. The van der Waals surface area contributed by atoms with Crippen LogP contribution in [-0.2, 0) is 0 Å². The van der Waals surface area contributed by atoms with Crippen molar-refractivity contribution in [2.24, 2.45) is 46.3 Å². The molecule has 0 bridgehead atoms. The lowest BCUT2D eigenvalue weighted by Gasteiger charge is -2.58. The van der Waals surface area contributed by atoms with Crippen LogP contribution >= 0.6 is 0 Å². The standard InChI is InChI=1S/C28H47NO2/c1-17-6-9-24(29(5)16-17)18(2)26-25(31)15-23-21-8-7-19-14-20(30)10-12-27(19,3)22(21)11-13-28(23,26)4/h7,17-18,20-26,30-31H,6,8-16H2,1-5H3/t17-,18-,20-,21-,22+,23+,24-,25-,26+,27+,28+/m1/s1. The molecule has 3 nitrogen and oxygen atoms in total. The van der Waals surface area contributed by atoms with Gasteiger partial charge in [-0.05, 0) is 111 Å². The number of likely N-dealkylation sites (tertiary alicyclic amines) is 1. The lowest BCUT2D eigenvalue weighted by molar-refractivity contribution is -0.0725. The first kappa shape index (κ1) is 22.4. The molecule has 0 aromatic carbocycles. The maximum absolute atomic E-state index is 11.5. The van der Waals surface area contributed by atoms with Gasteiger partial charge in [-0.1, -0.05) is 39.3 Å². The van der Waals surface area contributed by atoms with Crippen LogP contribution in [0.25, 0.3) is 0 Å². The molecule has 1 heterocycles. The molecule has 0 aromatic heterocycles. The number of allylic oxidation sites excluding steroid dienone is 1. The van der Waals surface area contributed by atoms with Crippen LogP contribution < -0.4 is 0 Å². The van der Waals surface area contributed by atoms with Crippen molar-refractivity contribution in [2.45, 2.75) is 104 Å². The summed E-state index contributed by atoms with van der Waals surface area (Å²) in [5.74, 6) is 3.93. The van der Waals surface area contributed by atoms with E-state index in [-0.39, 0.29) is 23.0 Å². The largest absolute Gasteiger partial charge is 0.393 e. The summed E-state index contributed by atoms with van der Waals surface area (Å²) in [5, 5.41) is 21.7. The van der Waals surface area contributed by atoms with E-state index in [0.717, 1.165) is 43.4 Å². The Morgan fingerprint density at radius 1 is 1.06 bits per heavy atom. The molecule has 4 fully saturated rings. The fraction of sp³-hybridized carbons (Fsp3) is 0.929. The second-order valence-corrected chi connectivity index (χ2v) is 13.1. The number of aliphatic hydroxyl groups excluding tert-OH is 2. The van der Waals surface area contributed by atoms with Gasteiger partial charge in [0.05, 0.1) is 12.2 Å². The van der Waals surface area contributed by atoms with E-state index in [1.165, 1.54) is 38.6 Å². The predicted molar refractivity (Wildman–Crippen MR) is 127 cm³/mol. The minimum absolute atomic E-state index is 0.126. The van der Waals surface area contributed by atoms with Crippen molar-refractivity contribution in [2.75, 3.05) is 13.6 Å². The lowest BCUT2D eigenvalue weighted by atomic mass is 9.47. The third kappa shape index (κ3) is 3.39. The fourth-order valence-corrected chi connectivity index (χ4v) is 9.94. The molecule has 5 aliphatic rings. The number of aliphatic hydroxyl groups is 2. The zero-order valence-corrected chi connectivity index (χ0v) is 20.7. The smallest absolute Gasteiger partial charge is 0.0579 e. The number of fused-ring (bicyclic) bond motifs is 5. The van der Waals surface area contributed by atoms with E-state index in [1.54, 1.807) is 5.57 Å². The van der Waals surface area contributed by atoms with Crippen LogP contribution in [0.4, 0.5) is 0 Å². The van der Waals surface area contributed by atoms with Crippen LogP contribution in [0, 0.1) is 46.3 Å². The van der Waals surface area contributed by atoms with Gasteiger partial charge < -0.3 is 15.1 Å². The molecule has 4 aliphatic carbocycles. The van der Waals surface area contributed by atoms with Gasteiger partial charge in [-0.2, -0.15) is 0 Å². The van der Waals surface area contributed by atoms with Crippen molar-refractivity contribution >= 4 is 0 Å². The highest BCUT2D eigenvalue weighted by Gasteiger charge is 2.62. The summed E-state index contributed by atoms with van der Waals surface area (Å²) in [6, 6.07) is 0.624. The SMILES string of the molecule is C[C@@H]1CC[C@H]([C@@H](C)[C@H]2[C@H](O)C[C@H]3[C@@H]4CC=C5C[C@H](O)CC[C@]5(C)[C@H]4CC[C@]23C)N(C)C1. The Morgan fingerprint density at radius 3 is 2.58 bits per heavy atom. The van der Waals surface area contributed by atoms with E-state index in [9.17, 15) is 10.2 Å². The molecule has 3 heteroatoms. The first-order chi connectivity index (χ1) is 14.6. The fourth-order valence-electron chi connectivity index (χ4n) is 9.94. The number of nitrogens with zero attached hydrogens (tertiary/aromatic N) is 1. The molecular formula is C28H47NO2. The Morgan fingerprint density at radius 2 is 1.84 bits per heavy atom. The van der Waals surface area contributed by atoms with Crippen molar-refractivity contribution in [1.29, 1.82) is 0 Å². The van der Waals surface area contributed by atoms with Crippen LogP contribution in [0.1, 0.15) is 85.5 Å². The summed E-state index contributed by atoms with van der Waals surface area (Å²) < 4.78 is 0. The first-order valence-electron chi connectivity index (χ1n) is 13.4. The van der Waals surface area contributed by atoms with E-state index in [1.807, 2.05) is 0 Å². The molecule has 31 heavy (non-hydrogen) atoms. The van der Waals surface area contributed by atoms with Gasteiger partial charge in [0.2, 0.25) is 0 Å². The van der Waals surface area contributed by atoms with Gasteiger partial charge in [0.15, 0.2) is 0 Å². The van der Waals surface area contributed by atoms with E-state index < -0.39 is 0 Å². The van der Waals surface area contributed by atoms with Crippen LogP contribution in [0.5, 0.6) is 0 Å². The zero-order chi connectivity index (χ0) is 22.1. The number of rotatable bonds is 2. The van der Waals surface area contributed by atoms with Gasteiger partial charge in [-0.15, -0.1) is 0 Å². The molecule has 0 unspecified atom stereocenters. The average molecular weight is 430 g/mol. The Balaban J connectivity index is 1.40. The van der Waals surface area contributed by atoms with Gasteiger partial charge in [-0.25, -0.2) is 0 Å². The Bertz CT molecular complexity index is 720. The first-order valence-corrected chi connectivity index (χ1v) is 13.4. The van der Waals surface area contributed by atoms with Crippen LogP contribution in [0.3, 0.4) is 0 Å². The second-order valence-electron chi connectivity index (χ2n) is 13.1. The highest BCUT2D eigenvalue weighted by atomic mass is 16.3. The van der Waals surface area contributed by atoms with Gasteiger partial charge in [0, 0.05) is 12.6 Å². The summed E-state index contributed by atoms with van der Waals surface area (Å²) in [5.41, 5.74) is 2.12. The van der Waals surface area contributed by atoms with Gasteiger partial charge >= 0.3 is 0 Å². The minimum atomic E-state index is -0.136. The molecule has 11 atom stereocenters. The minimum Gasteiger partial charge on any atom is -0.393 e. The summed E-state index contributed by atoms with van der Waals surface area (Å²) in [6.07, 6.45) is 12.7. The van der Waals surface area contributed by atoms with Crippen molar-refractivity contribution in [3.8, 4) is 0 Å². The number of hydrogen-bond acceptors (Lipinski definition) is 3. The molecule has 2 N–H and O–H groups in total. The second kappa shape index (κ2) is 7.84. The van der Waals surface area contributed by atoms with Crippen molar-refractivity contribution in [1.82, 2.24) is 4.90 Å². The molecule has 5 rings (SSSR count). The van der Waals surface area contributed by atoms with Crippen LogP contribution in [0.15, 0.2) is 11.6 Å². The third-order valence-corrected chi connectivity index (χ3v) is 11.5. The Kier molecular flexibility index (Phi) is 5.67. The monoisotopic (exact) mass is 429 g/mol. The topological polar surface area (TPSA) is 43.7 Å². The molecule has 0 radical (unpaired) electrons. The average Bonchev–Trinajstić information content (AvgIpc) is 2.98. The van der Waals surface area contributed by atoms with Crippen LogP contribution in [0.2, 0.25) is 0 Å². The highest BCUT2D eigenvalue weighted by molar-refractivity contribution is 5.25. The van der Waals surface area contributed by atoms with Crippen molar-refractivity contribution < 1.29 is 10.2 Å². The molecule has 0 amide bonds. The maximum atomic E-state index is 11.5. The van der Waals surface area contributed by atoms with Gasteiger partial charge in [-0.3, -0.25) is 0 Å². The summed E-state index contributed by atoms with van der Waals surface area (Å²) in [7, 11) is 2.32. The van der Waals surface area contributed by atoms with Gasteiger partial charge in [0.1, 0.15) is 0 Å². The predicted octanol–water partition coefficient (Wildman–Crippen LogP) is 5.26. The van der Waals surface area contributed by atoms with Crippen LogP contribution in [-0.4, -0.2) is 47.0 Å². The lowest BCUT2D eigenvalue weighted by Crippen LogP contribution is -2.53. The summed E-state index contributed by atoms with van der Waals surface area (Å²) in [4.78, 5) is 2.61. The molecule has 0 aromatic rings. The Hall–Kier alpha value is -0.380. The summed E-state index contributed by atoms with van der Waals surface area (Å²) >= 11 is 0. The molecule has 0 spiro atoms. The van der Waals surface area contributed by atoms with E-state index in [2.05, 4.69) is 45.7 Å². The van der Waals surface area contributed by atoms with E-state index in [4.69, 9.17) is 0 Å². The van der Waals surface area contributed by atoms with Crippen molar-refractivity contribution in [3.63, 3.8) is 0 Å².